The van der Waals surface area contributed by atoms with Crippen LogP contribution in [0.3, 0.4) is 0 Å². The van der Waals surface area contributed by atoms with E-state index in [-0.39, 0.29) is 5.97 Å². The highest BCUT2D eigenvalue weighted by molar-refractivity contribution is 5.73. The van der Waals surface area contributed by atoms with Crippen LogP contribution in [0.4, 0.5) is 0 Å². The zero-order valence-electron chi connectivity index (χ0n) is 15.5. The normalized spacial score (nSPS) is 10.6. The number of esters is 1. The summed E-state index contributed by atoms with van der Waals surface area (Å²) < 4.78 is 10.5. The third kappa shape index (κ3) is 9.59. The lowest BCUT2D eigenvalue weighted by molar-refractivity contribution is -0.134. The van der Waals surface area contributed by atoms with E-state index in [4.69, 9.17) is 9.47 Å². The molecule has 0 spiro atoms. The van der Waals surface area contributed by atoms with Crippen molar-refractivity contribution in [3.05, 3.63) is 24.3 Å². The molecule has 0 aliphatic carbocycles. The molecule has 0 unspecified atom stereocenters. The Morgan fingerprint density at radius 1 is 0.792 bits per heavy atom. The van der Waals surface area contributed by atoms with Gasteiger partial charge in [-0.1, -0.05) is 83.3 Å². The van der Waals surface area contributed by atoms with Gasteiger partial charge in [0.1, 0.15) is 0 Å². The van der Waals surface area contributed by atoms with E-state index in [1.807, 2.05) is 12.1 Å². The summed E-state index contributed by atoms with van der Waals surface area (Å²) in [6.07, 6.45) is 14.6. The van der Waals surface area contributed by atoms with E-state index in [1.165, 1.54) is 57.8 Å². The molecule has 3 nitrogen and oxygen atoms in total. The van der Waals surface area contributed by atoms with Gasteiger partial charge in [0, 0.05) is 6.42 Å². The van der Waals surface area contributed by atoms with Crippen molar-refractivity contribution >= 4 is 5.97 Å². The van der Waals surface area contributed by atoms with Crippen molar-refractivity contribution in [2.24, 2.45) is 0 Å². The molecule has 0 atom stereocenters. The van der Waals surface area contributed by atoms with E-state index in [0.29, 0.717) is 17.9 Å². The SMILES string of the molecule is CCCCCCCCCCCCCC(=O)Oc1ccccc1OC. The second-order valence-electron chi connectivity index (χ2n) is 6.41. The average molecular weight is 334 g/mol. The number of carbonyl (C=O) groups excluding carboxylic acids is 1. The van der Waals surface area contributed by atoms with Crippen LogP contribution in [0.1, 0.15) is 84.0 Å². The van der Waals surface area contributed by atoms with E-state index in [9.17, 15) is 4.79 Å². The predicted octanol–water partition coefficient (Wildman–Crippen LogP) is 6.30. The predicted molar refractivity (Wildman–Crippen MR) is 99.7 cm³/mol. The Hall–Kier alpha value is -1.51. The molecular formula is C21H34O3. The number of hydrogen-bond acceptors (Lipinski definition) is 3. The number of hydrogen-bond donors (Lipinski definition) is 0. The summed E-state index contributed by atoms with van der Waals surface area (Å²) in [6.45, 7) is 2.26. The molecule has 0 N–H and O–H groups in total. The van der Waals surface area contributed by atoms with Crippen LogP contribution in [-0.2, 0) is 4.79 Å². The summed E-state index contributed by atoms with van der Waals surface area (Å²) in [4.78, 5) is 11.9. The van der Waals surface area contributed by atoms with Crippen molar-refractivity contribution < 1.29 is 14.3 Å². The van der Waals surface area contributed by atoms with Gasteiger partial charge in [0.15, 0.2) is 11.5 Å². The molecule has 0 fully saturated rings. The van der Waals surface area contributed by atoms with Crippen molar-refractivity contribution in [1.29, 1.82) is 0 Å². The molecule has 0 saturated carbocycles. The molecule has 0 aromatic heterocycles. The molecular weight excluding hydrogens is 300 g/mol. The lowest BCUT2D eigenvalue weighted by Crippen LogP contribution is -2.08. The summed E-state index contributed by atoms with van der Waals surface area (Å²) in [5, 5.41) is 0. The minimum atomic E-state index is -0.171. The van der Waals surface area contributed by atoms with Gasteiger partial charge in [-0.25, -0.2) is 0 Å². The molecule has 0 bridgehead atoms. The number of carbonyl (C=O) groups is 1. The number of rotatable bonds is 14. The van der Waals surface area contributed by atoms with E-state index in [2.05, 4.69) is 6.92 Å². The average Bonchev–Trinajstić information content (AvgIpc) is 2.60. The third-order valence-electron chi connectivity index (χ3n) is 4.28. The van der Waals surface area contributed by atoms with Crippen molar-refractivity contribution in [2.45, 2.75) is 84.0 Å². The third-order valence-corrected chi connectivity index (χ3v) is 4.28. The first-order chi connectivity index (χ1) is 11.8. The summed E-state index contributed by atoms with van der Waals surface area (Å²) in [7, 11) is 1.58. The molecule has 0 saturated heterocycles. The van der Waals surface area contributed by atoms with Gasteiger partial charge in [-0.2, -0.15) is 0 Å². The van der Waals surface area contributed by atoms with Gasteiger partial charge < -0.3 is 9.47 Å². The van der Waals surface area contributed by atoms with Gasteiger partial charge >= 0.3 is 5.97 Å². The van der Waals surface area contributed by atoms with Crippen LogP contribution >= 0.6 is 0 Å². The van der Waals surface area contributed by atoms with Crippen LogP contribution in [-0.4, -0.2) is 13.1 Å². The summed E-state index contributed by atoms with van der Waals surface area (Å²) in [6, 6.07) is 7.26. The number of methoxy groups -OCH3 is 1. The smallest absolute Gasteiger partial charge is 0.311 e. The van der Waals surface area contributed by atoms with Gasteiger partial charge in [0.25, 0.3) is 0 Å². The Kier molecular flexibility index (Phi) is 11.9. The number of ether oxygens (including phenoxy) is 2. The molecule has 1 aromatic carbocycles. The van der Waals surface area contributed by atoms with Gasteiger partial charge in [-0.3, -0.25) is 4.79 Å². The Labute approximate surface area is 147 Å². The lowest BCUT2D eigenvalue weighted by atomic mass is 10.1. The van der Waals surface area contributed by atoms with E-state index < -0.39 is 0 Å². The van der Waals surface area contributed by atoms with Gasteiger partial charge in [-0.05, 0) is 18.6 Å². The van der Waals surface area contributed by atoms with Gasteiger partial charge in [-0.15, -0.1) is 0 Å². The summed E-state index contributed by atoms with van der Waals surface area (Å²) in [5.74, 6) is 0.938. The van der Waals surface area contributed by atoms with Crippen molar-refractivity contribution in [3.8, 4) is 11.5 Å². The molecule has 0 radical (unpaired) electrons. The molecule has 0 aliphatic rings. The van der Waals surface area contributed by atoms with Gasteiger partial charge in [0.2, 0.25) is 0 Å². The van der Waals surface area contributed by atoms with Crippen LogP contribution in [0.15, 0.2) is 24.3 Å². The monoisotopic (exact) mass is 334 g/mol. The number of benzene rings is 1. The highest BCUT2D eigenvalue weighted by Crippen LogP contribution is 2.26. The summed E-state index contributed by atoms with van der Waals surface area (Å²) in [5.41, 5.74) is 0. The zero-order valence-corrected chi connectivity index (χ0v) is 15.5. The van der Waals surface area contributed by atoms with Crippen LogP contribution in [0.5, 0.6) is 11.5 Å². The fraction of sp³-hybridized carbons (Fsp3) is 0.667. The van der Waals surface area contributed by atoms with Crippen LogP contribution in [0, 0.1) is 0 Å². The molecule has 136 valence electrons. The molecule has 1 aromatic rings. The zero-order chi connectivity index (χ0) is 17.5. The minimum Gasteiger partial charge on any atom is -0.493 e. The largest absolute Gasteiger partial charge is 0.493 e. The maximum absolute atomic E-state index is 11.9. The Morgan fingerprint density at radius 2 is 1.29 bits per heavy atom. The second-order valence-corrected chi connectivity index (χ2v) is 6.41. The fourth-order valence-corrected chi connectivity index (χ4v) is 2.81. The molecule has 3 heteroatoms. The quantitative estimate of drug-likeness (QED) is 0.227. The highest BCUT2D eigenvalue weighted by Gasteiger charge is 2.08. The molecule has 0 amide bonds. The van der Waals surface area contributed by atoms with Crippen LogP contribution < -0.4 is 9.47 Å². The molecule has 0 heterocycles. The second kappa shape index (κ2) is 13.9. The Morgan fingerprint density at radius 3 is 1.83 bits per heavy atom. The summed E-state index contributed by atoms with van der Waals surface area (Å²) >= 11 is 0. The van der Waals surface area contributed by atoms with E-state index in [0.717, 1.165) is 12.8 Å². The van der Waals surface area contributed by atoms with Crippen molar-refractivity contribution in [1.82, 2.24) is 0 Å². The minimum absolute atomic E-state index is 0.171. The molecule has 24 heavy (non-hydrogen) atoms. The first kappa shape index (κ1) is 20.5. The van der Waals surface area contributed by atoms with E-state index in [1.54, 1.807) is 19.2 Å². The van der Waals surface area contributed by atoms with Gasteiger partial charge in [0.05, 0.1) is 7.11 Å². The Balaban J connectivity index is 1.98. The lowest BCUT2D eigenvalue weighted by Gasteiger charge is -2.08. The van der Waals surface area contributed by atoms with Crippen LogP contribution in [0.2, 0.25) is 0 Å². The highest BCUT2D eigenvalue weighted by atomic mass is 16.6. The topological polar surface area (TPSA) is 35.5 Å². The Bertz CT molecular complexity index is 442. The standard InChI is InChI=1S/C21H34O3/c1-3-4-5-6-7-8-9-10-11-12-13-18-21(22)24-20-17-15-14-16-19(20)23-2/h14-17H,3-13,18H2,1-2H3. The van der Waals surface area contributed by atoms with Crippen LogP contribution in [0.25, 0.3) is 0 Å². The number of unbranched alkanes of at least 4 members (excludes halogenated alkanes) is 10. The maximum Gasteiger partial charge on any atom is 0.311 e. The fourth-order valence-electron chi connectivity index (χ4n) is 2.81. The molecule has 1 rings (SSSR count). The molecule has 0 aliphatic heterocycles. The maximum atomic E-state index is 11.9. The van der Waals surface area contributed by atoms with Crippen molar-refractivity contribution in [3.63, 3.8) is 0 Å². The van der Waals surface area contributed by atoms with E-state index >= 15 is 0 Å². The first-order valence-corrected chi connectivity index (χ1v) is 9.61. The first-order valence-electron chi connectivity index (χ1n) is 9.61. The van der Waals surface area contributed by atoms with Crippen molar-refractivity contribution in [2.75, 3.05) is 7.11 Å². The number of para-hydroxylation sites is 2.